The molecule has 1 aromatic carbocycles. The molecule has 1 saturated heterocycles. The lowest BCUT2D eigenvalue weighted by Crippen LogP contribution is -2.45. The Morgan fingerprint density at radius 2 is 2.11 bits per heavy atom. The number of carbonyl (C=O) groups is 1. The van der Waals surface area contributed by atoms with Gasteiger partial charge in [0, 0.05) is 19.6 Å². The summed E-state index contributed by atoms with van der Waals surface area (Å²) >= 11 is 0. The van der Waals surface area contributed by atoms with Crippen molar-refractivity contribution in [2.75, 3.05) is 13.1 Å². The Balaban J connectivity index is 1.67. The Labute approximate surface area is 163 Å². The third-order valence-electron chi connectivity index (χ3n) is 5.01. The average Bonchev–Trinajstić information content (AvgIpc) is 3.01. The van der Waals surface area contributed by atoms with Crippen molar-refractivity contribution in [1.29, 1.82) is 0 Å². The highest BCUT2D eigenvalue weighted by molar-refractivity contribution is 7.89. The van der Waals surface area contributed by atoms with Gasteiger partial charge in [0.25, 0.3) is 0 Å². The molecule has 28 heavy (non-hydrogen) atoms. The van der Waals surface area contributed by atoms with Gasteiger partial charge in [-0.2, -0.15) is 4.31 Å². The van der Waals surface area contributed by atoms with E-state index >= 15 is 0 Å². The highest BCUT2D eigenvalue weighted by atomic mass is 32.2. The van der Waals surface area contributed by atoms with Crippen LogP contribution in [0, 0.1) is 32.5 Å². The largest absolute Gasteiger partial charge is 0.360 e. The number of carbonyl (C=O) groups excluding carboxylic acids is 1. The monoisotopic (exact) mass is 409 g/mol. The van der Waals surface area contributed by atoms with Crippen molar-refractivity contribution in [3.63, 3.8) is 0 Å². The second kappa shape index (κ2) is 8.00. The van der Waals surface area contributed by atoms with E-state index in [0.29, 0.717) is 30.6 Å². The third kappa shape index (κ3) is 4.10. The molecule has 1 unspecified atom stereocenters. The molecule has 1 aromatic heterocycles. The van der Waals surface area contributed by atoms with Crippen LogP contribution in [-0.4, -0.2) is 36.9 Å². The molecule has 0 spiro atoms. The Morgan fingerprint density at radius 3 is 2.75 bits per heavy atom. The fraction of sp³-hybridized carbons (Fsp3) is 0.474. The normalized spacial score (nSPS) is 18.2. The molecule has 0 radical (unpaired) electrons. The smallest absolute Gasteiger partial charge is 0.248 e. The summed E-state index contributed by atoms with van der Waals surface area (Å²) in [7, 11) is -3.77. The number of aromatic nitrogens is 1. The maximum Gasteiger partial charge on any atom is 0.248 e. The molecule has 0 bridgehead atoms. The Hall–Kier alpha value is -2.26. The lowest BCUT2D eigenvalue weighted by atomic mass is 9.98. The van der Waals surface area contributed by atoms with Crippen LogP contribution in [0.5, 0.6) is 0 Å². The summed E-state index contributed by atoms with van der Waals surface area (Å²) in [6, 6.07) is 4.68. The molecule has 1 aliphatic rings. The first kappa shape index (κ1) is 20.5. The Kier molecular flexibility index (Phi) is 5.85. The van der Waals surface area contributed by atoms with E-state index in [4.69, 9.17) is 4.52 Å². The zero-order valence-electron chi connectivity index (χ0n) is 16.2. The lowest BCUT2D eigenvalue weighted by Gasteiger charge is -2.31. The minimum absolute atomic E-state index is 0.0790. The van der Waals surface area contributed by atoms with Crippen molar-refractivity contribution in [2.45, 2.75) is 45.1 Å². The molecule has 152 valence electrons. The molecule has 1 fully saturated rings. The van der Waals surface area contributed by atoms with Crippen LogP contribution in [-0.2, 0) is 21.4 Å². The molecule has 0 saturated carbocycles. The quantitative estimate of drug-likeness (QED) is 0.819. The first-order valence-corrected chi connectivity index (χ1v) is 10.6. The summed E-state index contributed by atoms with van der Waals surface area (Å²) in [5, 5.41) is 6.55. The zero-order chi connectivity index (χ0) is 20.5. The van der Waals surface area contributed by atoms with Crippen molar-refractivity contribution in [2.24, 2.45) is 5.92 Å². The first-order valence-electron chi connectivity index (χ1n) is 9.16. The van der Waals surface area contributed by atoms with E-state index in [1.807, 2.05) is 0 Å². The molecule has 1 aliphatic heterocycles. The van der Waals surface area contributed by atoms with E-state index in [9.17, 15) is 17.6 Å². The van der Waals surface area contributed by atoms with Gasteiger partial charge in [0.1, 0.15) is 16.4 Å². The average molecular weight is 409 g/mol. The van der Waals surface area contributed by atoms with Gasteiger partial charge in [-0.05, 0) is 50.8 Å². The molecule has 0 aliphatic carbocycles. The number of hydrogen-bond donors (Lipinski definition) is 1. The van der Waals surface area contributed by atoms with E-state index in [1.165, 1.54) is 10.4 Å². The molecule has 1 atom stereocenters. The van der Waals surface area contributed by atoms with Crippen LogP contribution < -0.4 is 5.32 Å². The number of sulfonamides is 1. The predicted molar refractivity (Wildman–Crippen MR) is 100 cm³/mol. The summed E-state index contributed by atoms with van der Waals surface area (Å²) in [6.45, 7) is 5.55. The van der Waals surface area contributed by atoms with Crippen molar-refractivity contribution in [1.82, 2.24) is 14.8 Å². The number of benzene rings is 1. The fourth-order valence-electron chi connectivity index (χ4n) is 3.50. The van der Waals surface area contributed by atoms with Crippen LogP contribution in [0.25, 0.3) is 0 Å². The molecule has 9 heteroatoms. The van der Waals surface area contributed by atoms with Gasteiger partial charge in [-0.15, -0.1) is 0 Å². The van der Waals surface area contributed by atoms with E-state index in [0.717, 1.165) is 5.56 Å². The van der Waals surface area contributed by atoms with E-state index < -0.39 is 15.9 Å². The van der Waals surface area contributed by atoms with Gasteiger partial charge < -0.3 is 9.84 Å². The minimum Gasteiger partial charge on any atom is -0.360 e. The second-order valence-corrected chi connectivity index (χ2v) is 9.03. The Bertz CT molecular complexity index is 968. The van der Waals surface area contributed by atoms with Crippen molar-refractivity contribution < 1.29 is 22.1 Å². The SMILES string of the molecule is Cc1cc(CNC(=O)C2CCCN(S(=O)(=O)c3c(C)noc3C)C2)ccc1F. The number of piperidine rings is 1. The van der Waals surface area contributed by atoms with Gasteiger partial charge in [0.15, 0.2) is 5.76 Å². The fourth-order valence-corrected chi connectivity index (χ4v) is 5.31. The van der Waals surface area contributed by atoms with Gasteiger partial charge in [-0.3, -0.25) is 4.79 Å². The first-order chi connectivity index (χ1) is 13.2. The number of nitrogens with one attached hydrogen (secondary N) is 1. The number of halogens is 1. The molecule has 7 nitrogen and oxygen atoms in total. The Morgan fingerprint density at radius 1 is 1.36 bits per heavy atom. The molecule has 3 rings (SSSR count). The van der Waals surface area contributed by atoms with Gasteiger partial charge in [0.2, 0.25) is 15.9 Å². The maximum atomic E-state index is 13.4. The van der Waals surface area contributed by atoms with E-state index in [1.54, 1.807) is 32.9 Å². The van der Waals surface area contributed by atoms with Gasteiger partial charge in [-0.1, -0.05) is 17.3 Å². The van der Waals surface area contributed by atoms with Crippen LogP contribution in [0.15, 0.2) is 27.6 Å². The predicted octanol–water partition coefficient (Wildman–Crippen LogP) is 2.46. The zero-order valence-corrected chi connectivity index (χ0v) is 17.0. The molecule has 1 N–H and O–H groups in total. The molecule has 2 heterocycles. The summed E-state index contributed by atoms with van der Waals surface area (Å²) in [4.78, 5) is 12.7. The number of nitrogens with zero attached hydrogens (tertiary/aromatic N) is 2. The van der Waals surface area contributed by atoms with Crippen LogP contribution in [0.1, 0.15) is 35.4 Å². The van der Waals surface area contributed by atoms with Crippen LogP contribution in [0.3, 0.4) is 0 Å². The highest BCUT2D eigenvalue weighted by Gasteiger charge is 2.36. The minimum atomic E-state index is -3.77. The number of rotatable bonds is 5. The van der Waals surface area contributed by atoms with Crippen LogP contribution >= 0.6 is 0 Å². The van der Waals surface area contributed by atoms with Crippen LogP contribution in [0.4, 0.5) is 4.39 Å². The molecule has 2 aromatic rings. The van der Waals surface area contributed by atoms with Crippen molar-refractivity contribution in [3.8, 4) is 0 Å². The molecule has 1 amide bonds. The van der Waals surface area contributed by atoms with E-state index in [-0.39, 0.29) is 35.5 Å². The summed E-state index contributed by atoms with van der Waals surface area (Å²) < 4.78 is 45.6. The summed E-state index contributed by atoms with van der Waals surface area (Å²) in [5.41, 5.74) is 1.63. The standard InChI is InChI=1S/C19H24FN3O4S/c1-12-9-15(6-7-17(12)20)10-21-19(24)16-5-4-8-23(11-16)28(25,26)18-13(2)22-27-14(18)3/h6-7,9,16H,4-5,8,10-11H2,1-3H3,(H,21,24). The number of hydrogen-bond acceptors (Lipinski definition) is 5. The molecular formula is C19H24FN3O4S. The number of amides is 1. The van der Waals surface area contributed by atoms with E-state index in [2.05, 4.69) is 10.5 Å². The van der Waals surface area contributed by atoms with Crippen molar-refractivity contribution >= 4 is 15.9 Å². The van der Waals surface area contributed by atoms with Gasteiger partial charge in [0.05, 0.1) is 5.92 Å². The van der Waals surface area contributed by atoms with Crippen LogP contribution in [0.2, 0.25) is 0 Å². The summed E-state index contributed by atoms with van der Waals surface area (Å²) in [6.07, 6.45) is 1.21. The summed E-state index contributed by atoms with van der Waals surface area (Å²) in [5.74, 6) is -0.690. The van der Waals surface area contributed by atoms with Gasteiger partial charge in [-0.25, -0.2) is 12.8 Å². The maximum absolute atomic E-state index is 13.4. The topological polar surface area (TPSA) is 92.5 Å². The van der Waals surface area contributed by atoms with Gasteiger partial charge >= 0.3 is 0 Å². The second-order valence-electron chi connectivity index (χ2n) is 7.16. The lowest BCUT2D eigenvalue weighted by molar-refractivity contribution is -0.126. The molecular weight excluding hydrogens is 385 g/mol. The number of aryl methyl sites for hydroxylation is 3. The highest BCUT2D eigenvalue weighted by Crippen LogP contribution is 2.27. The third-order valence-corrected chi connectivity index (χ3v) is 7.12. The van der Waals surface area contributed by atoms with Crippen molar-refractivity contribution in [3.05, 3.63) is 46.6 Å².